The minimum atomic E-state index is -0.808. The minimum absolute atomic E-state index is 0.202. The Morgan fingerprint density at radius 1 is 1.27 bits per heavy atom. The van der Waals surface area contributed by atoms with Crippen LogP contribution >= 0.6 is 0 Å². The van der Waals surface area contributed by atoms with Gasteiger partial charge in [0.15, 0.2) is 0 Å². The number of imide groups is 1. The molecule has 5 amide bonds. The lowest BCUT2D eigenvalue weighted by atomic mass is 9.92. The second kappa shape index (κ2) is 7.25. The average molecular weight is 364 g/mol. The Morgan fingerprint density at radius 2 is 1.96 bits per heavy atom. The summed E-state index contributed by atoms with van der Waals surface area (Å²) in [6, 6.07) is -1.27. The molecule has 2 saturated heterocycles. The lowest BCUT2D eigenvalue weighted by molar-refractivity contribution is -0.144. The van der Waals surface area contributed by atoms with Gasteiger partial charge < -0.3 is 16.0 Å². The van der Waals surface area contributed by atoms with Gasteiger partial charge in [-0.05, 0) is 44.9 Å². The zero-order valence-corrected chi connectivity index (χ0v) is 15.3. The van der Waals surface area contributed by atoms with E-state index in [4.69, 9.17) is 5.73 Å². The van der Waals surface area contributed by atoms with Crippen LogP contribution in [0.2, 0.25) is 0 Å². The molecule has 0 bridgehead atoms. The average Bonchev–Trinajstić information content (AvgIpc) is 3.17. The smallest absolute Gasteiger partial charge is 0.325 e. The van der Waals surface area contributed by atoms with Crippen LogP contribution in [0, 0.1) is 5.92 Å². The lowest BCUT2D eigenvalue weighted by Gasteiger charge is -2.35. The monoisotopic (exact) mass is 364 g/mol. The normalized spacial score (nSPS) is 26.3. The lowest BCUT2D eigenvalue weighted by Crippen LogP contribution is -2.53. The van der Waals surface area contributed by atoms with E-state index in [9.17, 15) is 19.2 Å². The van der Waals surface area contributed by atoms with E-state index in [1.807, 2.05) is 0 Å². The van der Waals surface area contributed by atoms with Crippen molar-refractivity contribution in [2.75, 3.05) is 13.1 Å². The van der Waals surface area contributed by atoms with Crippen molar-refractivity contribution in [3.63, 3.8) is 0 Å². The molecular weight excluding hydrogens is 336 g/mol. The van der Waals surface area contributed by atoms with Gasteiger partial charge in [-0.25, -0.2) is 9.69 Å². The van der Waals surface area contributed by atoms with E-state index in [-0.39, 0.29) is 23.6 Å². The topological polar surface area (TPSA) is 113 Å². The van der Waals surface area contributed by atoms with Gasteiger partial charge in [-0.2, -0.15) is 0 Å². The first-order valence-electron chi connectivity index (χ1n) is 9.57. The highest BCUT2D eigenvalue weighted by Crippen LogP contribution is 2.36. The summed E-state index contributed by atoms with van der Waals surface area (Å²) < 4.78 is 0. The quantitative estimate of drug-likeness (QED) is 0.701. The first-order chi connectivity index (χ1) is 12.3. The largest absolute Gasteiger partial charge is 0.370 e. The van der Waals surface area contributed by atoms with Crippen molar-refractivity contribution in [2.24, 2.45) is 11.7 Å². The number of carbonyl (C=O) groups excluding carboxylic acids is 4. The molecule has 1 spiro atoms. The number of hydrogen-bond donors (Lipinski definition) is 2. The van der Waals surface area contributed by atoms with Crippen molar-refractivity contribution in [3.05, 3.63) is 0 Å². The molecule has 1 aliphatic carbocycles. The third-order valence-corrected chi connectivity index (χ3v) is 6.02. The summed E-state index contributed by atoms with van der Waals surface area (Å²) in [5, 5.41) is 2.82. The molecule has 0 aromatic heterocycles. The predicted molar refractivity (Wildman–Crippen MR) is 93.8 cm³/mol. The van der Waals surface area contributed by atoms with Gasteiger partial charge >= 0.3 is 6.03 Å². The fourth-order valence-corrected chi connectivity index (χ4v) is 4.53. The number of likely N-dealkylation sites (tertiary alicyclic amines) is 1. The van der Waals surface area contributed by atoms with E-state index in [0.29, 0.717) is 38.8 Å². The molecule has 0 radical (unpaired) electrons. The number of carbonyl (C=O) groups is 4. The van der Waals surface area contributed by atoms with E-state index >= 15 is 0 Å². The molecular formula is C18H28N4O4. The number of urea groups is 1. The molecule has 3 N–H and O–H groups in total. The second-order valence-electron chi connectivity index (χ2n) is 7.87. The zero-order valence-electron chi connectivity index (χ0n) is 15.3. The molecule has 144 valence electrons. The number of rotatable bonds is 5. The molecule has 3 fully saturated rings. The SMILES string of the molecule is CC(C(=O)N1CCCC(CCC(N)=O)C1)N1C(=O)NC2(CCCC2)C1=O. The van der Waals surface area contributed by atoms with E-state index < -0.39 is 17.6 Å². The van der Waals surface area contributed by atoms with Crippen LogP contribution in [0.1, 0.15) is 58.3 Å². The molecule has 8 heteroatoms. The highest BCUT2D eigenvalue weighted by molar-refractivity contribution is 6.09. The van der Waals surface area contributed by atoms with Gasteiger partial charge in [-0.3, -0.25) is 14.4 Å². The Morgan fingerprint density at radius 3 is 2.62 bits per heavy atom. The van der Waals surface area contributed by atoms with Crippen LogP contribution in [0.4, 0.5) is 4.79 Å². The molecule has 2 unspecified atom stereocenters. The van der Waals surface area contributed by atoms with Gasteiger partial charge in [-0.1, -0.05) is 12.8 Å². The minimum Gasteiger partial charge on any atom is -0.370 e. The highest BCUT2D eigenvalue weighted by Gasteiger charge is 2.54. The van der Waals surface area contributed by atoms with Crippen molar-refractivity contribution in [1.82, 2.24) is 15.1 Å². The van der Waals surface area contributed by atoms with Gasteiger partial charge in [0.2, 0.25) is 11.8 Å². The van der Waals surface area contributed by atoms with Crippen LogP contribution in [0.5, 0.6) is 0 Å². The fourth-order valence-electron chi connectivity index (χ4n) is 4.53. The Kier molecular flexibility index (Phi) is 5.20. The summed E-state index contributed by atoms with van der Waals surface area (Å²) in [5.41, 5.74) is 4.42. The highest BCUT2D eigenvalue weighted by atomic mass is 16.2. The number of piperidine rings is 1. The Hall–Kier alpha value is -2.12. The number of primary amides is 1. The van der Waals surface area contributed by atoms with Crippen molar-refractivity contribution in [2.45, 2.75) is 69.9 Å². The fraction of sp³-hybridized carbons (Fsp3) is 0.778. The van der Waals surface area contributed by atoms with Crippen molar-refractivity contribution >= 4 is 23.8 Å². The number of nitrogens with one attached hydrogen (secondary N) is 1. The number of amides is 5. The van der Waals surface area contributed by atoms with Crippen LogP contribution in [0.25, 0.3) is 0 Å². The first-order valence-corrected chi connectivity index (χ1v) is 9.57. The van der Waals surface area contributed by atoms with Crippen LogP contribution in [-0.4, -0.2) is 58.2 Å². The molecule has 2 heterocycles. The molecule has 0 aromatic rings. The van der Waals surface area contributed by atoms with Crippen LogP contribution in [-0.2, 0) is 14.4 Å². The molecule has 3 aliphatic rings. The van der Waals surface area contributed by atoms with Crippen molar-refractivity contribution in [1.29, 1.82) is 0 Å². The number of hydrogen-bond acceptors (Lipinski definition) is 4. The van der Waals surface area contributed by atoms with Crippen molar-refractivity contribution < 1.29 is 19.2 Å². The van der Waals surface area contributed by atoms with E-state index in [2.05, 4.69) is 5.32 Å². The Balaban J connectivity index is 1.64. The van der Waals surface area contributed by atoms with Crippen molar-refractivity contribution in [3.8, 4) is 0 Å². The molecule has 0 aromatic carbocycles. The zero-order chi connectivity index (χ0) is 18.9. The number of nitrogens with two attached hydrogens (primary N) is 1. The second-order valence-corrected chi connectivity index (χ2v) is 7.87. The molecule has 8 nitrogen and oxygen atoms in total. The molecule has 3 rings (SSSR count). The molecule has 2 atom stereocenters. The standard InChI is InChI=1S/C18H28N4O4/c1-12(22-16(25)18(20-17(22)26)8-2-3-9-18)15(24)21-10-4-5-13(11-21)6-7-14(19)23/h12-13H,2-11H2,1H3,(H2,19,23)(H,20,26). The maximum Gasteiger partial charge on any atom is 0.325 e. The molecule has 2 aliphatic heterocycles. The summed E-state index contributed by atoms with van der Waals surface area (Å²) in [5.74, 6) is -0.560. The van der Waals surface area contributed by atoms with Gasteiger partial charge in [-0.15, -0.1) is 0 Å². The maximum absolute atomic E-state index is 12.9. The Bertz CT molecular complexity index is 614. The van der Waals surface area contributed by atoms with Crippen LogP contribution in [0.15, 0.2) is 0 Å². The first kappa shape index (κ1) is 18.7. The van der Waals surface area contributed by atoms with E-state index in [1.165, 1.54) is 0 Å². The van der Waals surface area contributed by atoms with Gasteiger partial charge in [0.25, 0.3) is 5.91 Å². The molecule has 26 heavy (non-hydrogen) atoms. The van der Waals surface area contributed by atoms with Crippen LogP contribution in [0.3, 0.4) is 0 Å². The van der Waals surface area contributed by atoms with Gasteiger partial charge in [0, 0.05) is 19.5 Å². The summed E-state index contributed by atoms with van der Waals surface area (Å²) in [7, 11) is 0. The van der Waals surface area contributed by atoms with Crippen LogP contribution < -0.4 is 11.1 Å². The summed E-state index contributed by atoms with van der Waals surface area (Å²) >= 11 is 0. The predicted octanol–water partition coefficient (Wildman–Crippen LogP) is 0.744. The molecule has 1 saturated carbocycles. The Labute approximate surface area is 153 Å². The maximum atomic E-state index is 12.9. The van der Waals surface area contributed by atoms with E-state index in [0.717, 1.165) is 30.6 Å². The summed E-state index contributed by atoms with van der Waals surface area (Å²) in [6.45, 7) is 2.79. The summed E-state index contributed by atoms with van der Waals surface area (Å²) in [6.07, 6.45) is 5.91. The summed E-state index contributed by atoms with van der Waals surface area (Å²) in [4.78, 5) is 52.0. The third-order valence-electron chi connectivity index (χ3n) is 6.02. The number of nitrogens with zero attached hydrogens (tertiary/aromatic N) is 2. The third kappa shape index (κ3) is 3.41. The van der Waals surface area contributed by atoms with Gasteiger partial charge in [0.1, 0.15) is 11.6 Å². The van der Waals surface area contributed by atoms with Gasteiger partial charge in [0.05, 0.1) is 0 Å². The van der Waals surface area contributed by atoms with E-state index in [1.54, 1.807) is 11.8 Å².